The second kappa shape index (κ2) is 6.53. The van der Waals surface area contributed by atoms with Crippen LogP contribution in [0, 0.1) is 0 Å². The Balaban J connectivity index is 1.68. The zero-order valence-electron chi connectivity index (χ0n) is 14.0. The normalized spacial score (nSPS) is 14.9. The molecule has 128 valence electrons. The number of nitrogens with zero attached hydrogens (tertiary/aromatic N) is 3. The third kappa shape index (κ3) is 3.94. The minimum atomic E-state index is -0.751. The number of rotatable bonds is 6. The van der Waals surface area contributed by atoms with Crippen LogP contribution in [0.2, 0.25) is 5.02 Å². The number of hydrogen-bond donors (Lipinski definition) is 1. The fourth-order valence-corrected chi connectivity index (χ4v) is 2.66. The van der Waals surface area contributed by atoms with E-state index in [1.165, 1.54) is 12.8 Å². The van der Waals surface area contributed by atoms with E-state index in [-0.39, 0.29) is 5.91 Å². The molecule has 0 saturated heterocycles. The highest BCUT2D eigenvalue weighted by Gasteiger charge is 2.31. The van der Waals surface area contributed by atoms with Gasteiger partial charge in [-0.25, -0.2) is 0 Å². The Bertz CT molecular complexity index is 740. The summed E-state index contributed by atoms with van der Waals surface area (Å²) in [5, 5.41) is 7.47. The van der Waals surface area contributed by atoms with E-state index in [0.717, 1.165) is 0 Å². The van der Waals surface area contributed by atoms with Gasteiger partial charge in [0.2, 0.25) is 5.89 Å². The quantitative estimate of drug-likeness (QED) is 0.869. The zero-order valence-corrected chi connectivity index (χ0v) is 14.8. The molecule has 1 N–H and O–H groups in total. The van der Waals surface area contributed by atoms with Crippen molar-refractivity contribution in [2.45, 2.75) is 44.8 Å². The summed E-state index contributed by atoms with van der Waals surface area (Å²) in [4.78, 5) is 19.0. The second-order valence-electron chi connectivity index (χ2n) is 6.75. The summed E-state index contributed by atoms with van der Waals surface area (Å²) in [7, 11) is 2.05. The fraction of sp³-hybridized carbons (Fsp3) is 0.471. The van der Waals surface area contributed by atoms with E-state index in [0.29, 0.717) is 34.9 Å². The molecule has 2 aromatic rings. The molecule has 1 aromatic carbocycles. The highest BCUT2D eigenvalue weighted by Crippen LogP contribution is 2.27. The molecule has 1 aliphatic rings. The van der Waals surface area contributed by atoms with Crippen LogP contribution >= 0.6 is 11.6 Å². The smallest absolute Gasteiger partial charge is 0.252 e. The number of aromatic nitrogens is 2. The van der Waals surface area contributed by atoms with Crippen LogP contribution in [0.4, 0.5) is 0 Å². The standard InChI is InChI=1S/C17H21ClN4O2/c1-17(2,20-15(23)11-5-4-6-12(18)9-11)16-19-14(24-21-16)10-22(3)13-7-8-13/h4-6,9,13H,7-8,10H2,1-3H3,(H,20,23). The Labute approximate surface area is 146 Å². The maximum absolute atomic E-state index is 12.4. The van der Waals surface area contributed by atoms with Gasteiger partial charge in [-0.15, -0.1) is 0 Å². The summed E-state index contributed by atoms with van der Waals surface area (Å²) < 4.78 is 5.33. The monoisotopic (exact) mass is 348 g/mol. The van der Waals surface area contributed by atoms with Gasteiger partial charge >= 0.3 is 0 Å². The lowest BCUT2D eigenvalue weighted by atomic mass is 10.0. The van der Waals surface area contributed by atoms with Gasteiger partial charge in [-0.3, -0.25) is 9.69 Å². The number of amides is 1. The van der Waals surface area contributed by atoms with Crippen molar-refractivity contribution in [3.05, 3.63) is 46.6 Å². The van der Waals surface area contributed by atoms with Crippen molar-refractivity contribution in [1.82, 2.24) is 20.4 Å². The van der Waals surface area contributed by atoms with Crippen LogP contribution in [-0.2, 0) is 12.1 Å². The van der Waals surface area contributed by atoms with E-state index < -0.39 is 5.54 Å². The number of hydrogen-bond acceptors (Lipinski definition) is 5. The van der Waals surface area contributed by atoms with Crippen molar-refractivity contribution >= 4 is 17.5 Å². The average Bonchev–Trinajstić information content (AvgIpc) is 3.26. The first-order chi connectivity index (χ1) is 11.3. The molecule has 1 saturated carbocycles. The Morgan fingerprint density at radius 1 is 1.46 bits per heavy atom. The minimum Gasteiger partial charge on any atom is -0.340 e. The molecular formula is C17H21ClN4O2. The first-order valence-corrected chi connectivity index (χ1v) is 8.34. The first kappa shape index (κ1) is 16.9. The van der Waals surface area contributed by atoms with Crippen molar-refractivity contribution in [3.63, 3.8) is 0 Å². The van der Waals surface area contributed by atoms with Gasteiger partial charge < -0.3 is 9.84 Å². The molecule has 0 spiro atoms. The SMILES string of the molecule is CN(Cc1nc(C(C)(C)NC(=O)c2cccc(Cl)c2)no1)C1CC1. The van der Waals surface area contributed by atoms with Crippen LogP contribution < -0.4 is 5.32 Å². The van der Waals surface area contributed by atoms with Crippen LogP contribution in [0.1, 0.15) is 48.8 Å². The summed E-state index contributed by atoms with van der Waals surface area (Å²) in [6, 6.07) is 7.43. The summed E-state index contributed by atoms with van der Waals surface area (Å²) >= 11 is 5.94. The Morgan fingerprint density at radius 2 is 2.21 bits per heavy atom. The fourth-order valence-electron chi connectivity index (χ4n) is 2.47. The van der Waals surface area contributed by atoms with Gasteiger partial charge in [0.25, 0.3) is 5.91 Å². The predicted molar refractivity (Wildman–Crippen MR) is 90.7 cm³/mol. The number of nitrogens with one attached hydrogen (secondary N) is 1. The number of halogens is 1. The molecule has 1 aromatic heterocycles. The van der Waals surface area contributed by atoms with Crippen LogP contribution in [-0.4, -0.2) is 34.0 Å². The zero-order chi connectivity index (χ0) is 17.3. The second-order valence-corrected chi connectivity index (χ2v) is 7.18. The molecular weight excluding hydrogens is 328 g/mol. The topological polar surface area (TPSA) is 71.3 Å². The van der Waals surface area contributed by atoms with Crippen molar-refractivity contribution in [1.29, 1.82) is 0 Å². The van der Waals surface area contributed by atoms with E-state index >= 15 is 0 Å². The average molecular weight is 349 g/mol. The largest absolute Gasteiger partial charge is 0.340 e. The van der Waals surface area contributed by atoms with Gasteiger partial charge in [-0.1, -0.05) is 22.8 Å². The van der Waals surface area contributed by atoms with Gasteiger partial charge in [-0.2, -0.15) is 4.98 Å². The highest BCUT2D eigenvalue weighted by atomic mass is 35.5. The van der Waals surface area contributed by atoms with Crippen LogP contribution in [0.25, 0.3) is 0 Å². The summed E-state index contributed by atoms with van der Waals surface area (Å²) in [6.45, 7) is 4.30. The van der Waals surface area contributed by atoms with E-state index in [9.17, 15) is 4.79 Å². The predicted octanol–water partition coefficient (Wildman–Crippen LogP) is 2.98. The van der Waals surface area contributed by atoms with Gasteiger partial charge in [0.15, 0.2) is 5.82 Å². The van der Waals surface area contributed by atoms with E-state index in [1.54, 1.807) is 24.3 Å². The molecule has 0 atom stereocenters. The lowest BCUT2D eigenvalue weighted by Crippen LogP contribution is -2.41. The number of benzene rings is 1. The van der Waals surface area contributed by atoms with E-state index in [1.807, 2.05) is 20.9 Å². The van der Waals surface area contributed by atoms with Gasteiger partial charge in [0.05, 0.1) is 12.1 Å². The Kier molecular flexibility index (Phi) is 4.60. The van der Waals surface area contributed by atoms with Crippen molar-refractivity contribution in [2.75, 3.05) is 7.05 Å². The summed E-state index contributed by atoms with van der Waals surface area (Å²) in [5.41, 5.74) is -0.257. The molecule has 1 heterocycles. The van der Waals surface area contributed by atoms with Gasteiger partial charge in [0.1, 0.15) is 0 Å². The molecule has 0 radical (unpaired) electrons. The van der Waals surface area contributed by atoms with Crippen molar-refractivity contribution in [3.8, 4) is 0 Å². The molecule has 3 rings (SSSR count). The molecule has 7 heteroatoms. The Hall–Kier alpha value is -1.92. The minimum absolute atomic E-state index is 0.232. The maximum Gasteiger partial charge on any atom is 0.252 e. The Morgan fingerprint density at radius 3 is 2.88 bits per heavy atom. The van der Waals surface area contributed by atoms with Crippen LogP contribution in [0.15, 0.2) is 28.8 Å². The first-order valence-electron chi connectivity index (χ1n) is 7.96. The summed E-state index contributed by atoms with van der Waals surface area (Å²) in [5.74, 6) is 0.783. The van der Waals surface area contributed by atoms with Crippen LogP contribution in [0.3, 0.4) is 0 Å². The van der Waals surface area contributed by atoms with Crippen molar-refractivity contribution < 1.29 is 9.32 Å². The summed E-state index contributed by atoms with van der Waals surface area (Å²) in [6.07, 6.45) is 2.44. The highest BCUT2D eigenvalue weighted by molar-refractivity contribution is 6.30. The molecule has 0 unspecified atom stereocenters. The third-order valence-corrected chi connectivity index (χ3v) is 4.33. The van der Waals surface area contributed by atoms with Gasteiger partial charge in [0, 0.05) is 16.6 Å². The maximum atomic E-state index is 12.4. The van der Waals surface area contributed by atoms with Crippen molar-refractivity contribution in [2.24, 2.45) is 0 Å². The lowest BCUT2D eigenvalue weighted by Gasteiger charge is -2.22. The molecule has 1 aliphatic carbocycles. The van der Waals surface area contributed by atoms with E-state index in [4.69, 9.17) is 16.1 Å². The number of carbonyl (C=O) groups excluding carboxylic acids is 1. The van der Waals surface area contributed by atoms with Crippen LogP contribution in [0.5, 0.6) is 0 Å². The third-order valence-electron chi connectivity index (χ3n) is 4.09. The number of carbonyl (C=O) groups is 1. The molecule has 1 amide bonds. The van der Waals surface area contributed by atoms with E-state index in [2.05, 4.69) is 20.4 Å². The molecule has 1 fully saturated rings. The van der Waals surface area contributed by atoms with Gasteiger partial charge in [-0.05, 0) is 51.9 Å². The lowest BCUT2D eigenvalue weighted by molar-refractivity contribution is 0.0907. The molecule has 24 heavy (non-hydrogen) atoms. The molecule has 6 nitrogen and oxygen atoms in total. The molecule has 0 bridgehead atoms. The molecule has 0 aliphatic heterocycles.